The summed E-state index contributed by atoms with van der Waals surface area (Å²) in [4.78, 5) is 19.6. The summed E-state index contributed by atoms with van der Waals surface area (Å²) in [6.07, 6.45) is 5.03. The van der Waals surface area contributed by atoms with Gasteiger partial charge in [-0.3, -0.25) is 0 Å². The van der Waals surface area contributed by atoms with Crippen molar-refractivity contribution in [2.24, 2.45) is 0 Å². The van der Waals surface area contributed by atoms with Gasteiger partial charge < -0.3 is 10.1 Å². The van der Waals surface area contributed by atoms with Crippen LogP contribution in [-0.2, 0) is 4.74 Å². The van der Waals surface area contributed by atoms with Gasteiger partial charge in [-0.25, -0.2) is 14.8 Å². The second kappa shape index (κ2) is 7.99. The average molecular weight is 283 g/mol. The Kier molecular flexibility index (Phi) is 6.62. The summed E-state index contributed by atoms with van der Waals surface area (Å²) in [6.45, 7) is 6.18. The second-order valence-electron chi connectivity index (χ2n) is 5.02. The molecule has 0 bridgehead atoms. The molecule has 0 spiro atoms. The number of nitrogens with zero attached hydrogens (tertiary/aromatic N) is 2. The van der Waals surface area contributed by atoms with Gasteiger partial charge in [-0.1, -0.05) is 11.8 Å². The predicted octanol–water partition coefficient (Wildman–Crippen LogP) is 2.87. The van der Waals surface area contributed by atoms with Gasteiger partial charge in [0.2, 0.25) is 0 Å². The third-order valence-electron chi connectivity index (χ3n) is 2.01. The number of hydrogen-bond donors (Lipinski definition) is 1. The Morgan fingerprint density at radius 3 is 2.63 bits per heavy atom. The van der Waals surface area contributed by atoms with Crippen molar-refractivity contribution in [3.63, 3.8) is 0 Å². The molecule has 0 aromatic carbocycles. The minimum Gasteiger partial charge on any atom is -0.444 e. The molecule has 0 saturated heterocycles. The zero-order valence-electron chi connectivity index (χ0n) is 11.7. The lowest BCUT2D eigenvalue weighted by molar-refractivity contribution is 0.0527. The number of nitrogens with one attached hydrogen (secondary N) is 1. The van der Waals surface area contributed by atoms with Gasteiger partial charge in [0.1, 0.15) is 5.60 Å². The Bertz CT molecular complexity index is 379. The number of hydrogen-bond acceptors (Lipinski definition) is 5. The molecule has 1 aromatic heterocycles. The second-order valence-corrected chi connectivity index (χ2v) is 6.08. The monoisotopic (exact) mass is 283 g/mol. The summed E-state index contributed by atoms with van der Waals surface area (Å²) in [5.74, 6) is 0.944. The molecule has 1 N–H and O–H groups in total. The van der Waals surface area contributed by atoms with Crippen LogP contribution >= 0.6 is 11.8 Å². The van der Waals surface area contributed by atoms with Crippen molar-refractivity contribution in [1.29, 1.82) is 0 Å². The van der Waals surface area contributed by atoms with Crippen molar-refractivity contribution in [2.45, 2.75) is 44.4 Å². The van der Waals surface area contributed by atoms with Gasteiger partial charge in [0.25, 0.3) is 0 Å². The molecule has 19 heavy (non-hydrogen) atoms. The molecule has 1 heterocycles. The standard InChI is InChI=1S/C13H21N3O2S/c1-13(2,3)18-12(17)16-7-4-5-10-19-11-14-8-6-9-15-11/h6,8-9H,4-5,7,10H2,1-3H3,(H,16,17). The molecular formula is C13H21N3O2S. The molecule has 0 atom stereocenters. The summed E-state index contributed by atoms with van der Waals surface area (Å²) >= 11 is 1.62. The van der Waals surface area contributed by atoms with Crippen LogP contribution in [0.5, 0.6) is 0 Å². The fraction of sp³-hybridized carbons (Fsp3) is 0.615. The molecule has 0 radical (unpaired) electrons. The highest BCUT2D eigenvalue weighted by atomic mass is 32.2. The molecule has 0 aliphatic carbocycles. The van der Waals surface area contributed by atoms with Gasteiger partial charge >= 0.3 is 6.09 Å². The molecule has 0 saturated carbocycles. The smallest absolute Gasteiger partial charge is 0.407 e. The number of ether oxygens (including phenoxy) is 1. The van der Waals surface area contributed by atoms with E-state index >= 15 is 0 Å². The largest absolute Gasteiger partial charge is 0.444 e. The number of carbonyl (C=O) groups excluding carboxylic acids is 1. The number of unbranched alkanes of at least 4 members (excludes halogenated alkanes) is 1. The topological polar surface area (TPSA) is 64.1 Å². The first-order chi connectivity index (χ1) is 8.97. The van der Waals surface area contributed by atoms with Crippen LogP contribution in [-0.4, -0.2) is 34.0 Å². The van der Waals surface area contributed by atoms with Crippen LogP contribution < -0.4 is 5.32 Å². The van der Waals surface area contributed by atoms with Gasteiger partial charge in [-0.2, -0.15) is 0 Å². The SMILES string of the molecule is CC(C)(C)OC(=O)NCCCCSc1ncccn1. The van der Waals surface area contributed by atoms with E-state index in [1.165, 1.54) is 0 Å². The lowest BCUT2D eigenvalue weighted by atomic mass is 10.2. The molecule has 0 aliphatic rings. The number of thioether (sulfide) groups is 1. The Balaban J connectivity index is 2.01. The first-order valence-electron chi connectivity index (χ1n) is 6.34. The van der Waals surface area contributed by atoms with Crippen LogP contribution in [0.2, 0.25) is 0 Å². The third-order valence-corrected chi connectivity index (χ3v) is 2.97. The first-order valence-corrected chi connectivity index (χ1v) is 7.32. The molecule has 1 aromatic rings. The van der Waals surface area contributed by atoms with Crippen LogP contribution in [0.25, 0.3) is 0 Å². The number of carbonyl (C=O) groups is 1. The molecule has 5 nitrogen and oxygen atoms in total. The number of alkyl carbamates (subject to hydrolysis) is 1. The molecular weight excluding hydrogens is 262 g/mol. The zero-order valence-corrected chi connectivity index (χ0v) is 12.5. The van der Waals surface area contributed by atoms with Gasteiger partial charge in [0, 0.05) is 24.7 Å². The van der Waals surface area contributed by atoms with Crippen LogP contribution in [0.15, 0.2) is 23.6 Å². The molecule has 0 fully saturated rings. The maximum absolute atomic E-state index is 11.4. The summed E-state index contributed by atoms with van der Waals surface area (Å²) in [5, 5.41) is 3.53. The Hall–Kier alpha value is -1.30. The third kappa shape index (κ3) is 8.42. The van der Waals surface area contributed by atoms with E-state index < -0.39 is 5.60 Å². The lowest BCUT2D eigenvalue weighted by Crippen LogP contribution is -2.33. The minimum absolute atomic E-state index is 0.355. The quantitative estimate of drug-likeness (QED) is 0.494. The van der Waals surface area contributed by atoms with E-state index in [1.54, 1.807) is 30.2 Å². The number of rotatable bonds is 6. The summed E-state index contributed by atoms with van der Waals surface area (Å²) in [5.41, 5.74) is -0.440. The fourth-order valence-corrected chi connectivity index (χ4v) is 2.06. The Labute approximate surface area is 118 Å². The number of aromatic nitrogens is 2. The maximum atomic E-state index is 11.4. The van der Waals surface area contributed by atoms with Crippen molar-refractivity contribution in [1.82, 2.24) is 15.3 Å². The van der Waals surface area contributed by atoms with Crippen LogP contribution in [0, 0.1) is 0 Å². The Morgan fingerprint density at radius 2 is 2.00 bits per heavy atom. The molecule has 106 valence electrons. The molecule has 0 aliphatic heterocycles. The van der Waals surface area contributed by atoms with E-state index in [0.717, 1.165) is 23.8 Å². The summed E-state index contributed by atoms with van der Waals surface area (Å²) < 4.78 is 5.14. The van der Waals surface area contributed by atoms with Gasteiger partial charge in [0.05, 0.1) is 0 Å². The van der Waals surface area contributed by atoms with E-state index in [2.05, 4.69) is 15.3 Å². The Morgan fingerprint density at radius 1 is 1.32 bits per heavy atom. The van der Waals surface area contributed by atoms with E-state index in [-0.39, 0.29) is 6.09 Å². The molecule has 1 amide bonds. The molecule has 1 rings (SSSR count). The maximum Gasteiger partial charge on any atom is 0.407 e. The summed E-state index contributed by atoms with van der Waals surface area (Å²) in [7, 11) is 0. The molecule has 6 heteroatoms. The van der Waals surface area contributed by atoms with Crippen molar-refractivity contribution >= 4 is 17.9 Å². The van der Waals surface area contributed by atoms with Crippen molar-refractivity contribution in [3.05, 3.63) is 18.5 Å². The predicted molar refractivity (Wildman–Crippen MR) is 76.2 cm³/mol. The van der Waals surface area contributed by atoms with Gasteiger partial charge in [-0.05, 0) is 39.7 Å². The van der Waals surface area contributed by atoms with E-state index in [1.807, 2.05) is 20.8 Å². The fourth-order valence-electron chi connectivity index (χ4n) is 1.26. The highest BCUT2D eigenvalue weighted by Crippen LogP contribution is 2.12. The van der Waals surface area contributed by atoms with Gasteiger partial charge in [-0.15, -0.1) is 0 Å². The van der Waals surface area contributed by atoms with Crippen molar-refractivity contribution < 1.29 is 9.53 Å². The van der Waals surface area contributed by atoms with E-state index in [9.17, 15) is 4.79 Å². The van der Waals surface area contributed by atoms with E-state index in [4.69, 9.17) is 4.74 Å². The number of amides is 1. The highest BCUT2D eigenvalue weighted by Gasteiger charge is 2.15. The summed E-state index contributed by atoms with van der Waals surface area (Å²) in [6, 6.07) is 1.80. The van der Waals surface area contributed by atoms with Crippen LogP contribution in [0.4, 0.5) is 4.79 Å². The van der Waals surface area contributed by atoms with Crippen LogP contribution in [0.3, 0.4) is 0 Å². The minimum atomic E-state index is -0.440. The van der Waals surface area contributed by atoms with Gasteiger partial charge in [0.15, 0.2) is 5.16 Å². The van der Waals surface area contributed by atoms with E-state index in [0.29, 0.717) is 6.54 Å². The van der Waals surface area contributed by atoms with Crippen molar-refractivity contribution in [3.8, 4) is 0 Å². The normalized spacial score (nSPS) is 11.1. The zero-order chi connectivity index (χ0) is 14.1. The lowest BCUT2D eigenvalue weighted by Gasteiger charge is -2.19. The average Bonchev–Trinajstić information content (AvgIpc) is 2.32. The molecule has 0 unspecified atom stereocenters. The van der Waals surface area contributed by atoms with Crippen molar-refractivity contribution in [2.75, 3.05) is 12.3 Å². The van der Waals surface area contributed by atoms with Crippen LogP contribution in [0.1, 0.15) is 33.6 Å². The first kappa shape index (κ1) is 15.8. The highest BCUT2D eigenvalue weighted by molar-refractivity contribution is 7.99.